The Morgan fingerprint density at radius 1 is 1.22 bits per heavy atom. The Labute approximate surface area is 114 Å². The molecule has 1 N–H and O–H groups in total. The molecule has 100 valence electrons. The first-order valence-corrected chi connectivity index (χ1v) is 7.82. The summed E-state index contributed by atoms with van der Waals surface area (Å²) in [6.45, 7) is 4.32. The highest BCUT2D eigenvalue weighted by Gasteiger charge is 2.23. The van der Waals surface area contributed by atoms with Crippen LogP contribution in [0.3, 0.4) is 0 Å². The minimum absolute atomic E-state index is 0.283. The first-order chi connectivity index (χ1) is 8.79. The second-order valence-corrected chi connectivity index (χ2v) is 6.17. The molecule has 1 saturated carbocycles. The van der Waals surface area contributed by atoms with E-state index in [9.17, 15) is 0 Å². The minimum atomic E-state index is 0.283. The molecule has 1 fully saturated rings. The van der Waals surface area contributed by atoms with Crippen molar-refractivity contribution in [3.8, 4) is 0 Å². The summed E-state index contributed by atoms with van der Waals surface area (Å²) in [6.07, 6.45) is 3.99. The highest BCUT2D eigenvalue weighted by molar-refractivity contribution is 7.99. The molecule has 0 spiro atoms. The number of nitrogens with zero attached hydrogens (tertiary/aromatic N) is 1. The summed E-state index contributed by atoms with van der Waals surface area (Å²) in [5.74, 6) is 1.11. The van der Waals surface area contributed by atoms with E-state index >= 15 is 0 Å². The summed E-state index contributed by atoms with van der Waals surface area (Å²) in [5, 5.41) is 9.10. The van der Waals surface area contributed by atoms with E-state index in [1.807, 2.05) is 11.8 Å². The molecule has 0 saturated heterocycles. The molecule has 0 radical (unpaired) electrons. The van der Waals surface area contributed by atoms with Gasteiger partial charge in [-0.1, -0.05) is 24.1 Å². The average Bonchev–Trinajstić information content (AvgIpc) is 2.30. The lowest BCUT2D eigenvalue weighted by Gasteiger charge is -2.37. The Morgan fingerprint density at radius 3 is 2.50 bits per heavy atom. The van der Waals surface area contributed by atoms with Gasteiger partial charge in [0.05, 0.1) is 6.61 Å². The standard InChI is InChI=1S/C15H23NOS/c1-13-5-7-15(8-6-13)18-12-10-16(9-11-17)14-3-2-4-14/h5-8,14,17H,2-4,9-12H2,1H3. The van der Waals surface area contributed by atoms with Gasteiger partial charge in [-0.05, 0) is 31.9 Å². The first-order valence-electron chi connectivity index (χ1n) is 6.84. The number of aliphatic hydroxyl groups excluding tert-OH is 1. The van der Waals surface area contributed by atoms with Crippen molar-refractivity contribution in [3.05, 3.63) is 29.8 Å². The molecule has 1 aromatic rings. The van der Waals surface area contributed by atoms with Gasteiger partial charge in [-0.2, -0.15) is 0 Å². The lowest BCUT2D eigenvalue weighted by Crippen LogP contribution is -2.42. The zero-order chi connectivity index (χ0) is 12.8. The molecular weight excluding hydrogens is 242 g/mol. The van der Waals surface area contributed by atoms with Crippen LogP contribution in [0.25, 0.3) is 0 Å². The van der Waals surface area contributed by atoms with Crippen LogP contribution >= 0.6 is 11.8 Å². The van der Waals surface area contributed by atoms with Crippen LogP contribution in [0.2, 0.25) is 0 Å². The predicted molar refractivity (Wildman–Crippen MR) is 78.2 cm³/mol. The molecule has 0 aromatic heterocycles. The fourth-order valence-electron chi connectivity index (χ4n) is 2.27. The molecule has 0 amide bonds. The molecule has 2 nitrogen and oxygen atoms in total. The normalized spacial score (nSPS) is 15.9. The second-order valence-electron chi connectivity index (χ2n) is 5.01. The van der Waals surface area contributed by atoms with Crippen molar-refractivity contribution in [2.75, 3.05) is 25.4 Å². The number of aryl methyl sites for hydroxylation is 1. The summed E-state index contributed by atoms with van der Waals surface area (Å²) in [6, 6.07) is 9.45. The van der Waals surface area contributed by atoms with Crippen molar-refractivity contribution in [1.29, 1.82) is 0 Å². The number of benzene rings is 1. The van der Waals surface area contributed by atoms with Crippen LogP contribution < -0.4 is 0 Å². The van der Waals surface area contributed by atoms with Crippen LogP contribution in [-0.2, 0) is 0 Å². The van der Waals surface area contributed by atoms with Crippen molar-refractivity contribution in [3.63, 3.8) is 0 Å². The molecule has 0 aliphatic heterocycles. The monoisotopic (exact) mass is 265 g/mol. The van der Waals surface area contributed by atoms with E-state index in [1.54, 1.807) is 0 Å². The Bertz CT molecular complexity index is 348. The third kappa shape index (κ3) is 4.01. The van der Waals surface area contributed by atoms with Crippen LogP contribution in [0, 0.1) is 6.92 Å². The van der Waals surface area contributed by atoms with Gasteiger partial charge in [-0.15, -0.1) is 11.8 Å². The van der Waals surface area contributed by atoms with E-state index in [1.165, 1.54) is 29.7 Å². The van der Waals surface area contributed by atoms with E-state index < -0.39 is 0 Å². The Hall–Kier alpha value is -0.510. The Morgan fingerprint density at radius 2 is 1.94 bits per heavy atom. The Balaban J connectivity index is 1.73. The van der Waals surface area contributed by atoms with Gasteiger partial charge in [-0.25, -0.2) is 0 Å². The number of hydrogen-bond acceptors (Lipinski definition) is 3. The molecule has 2 rings (SSSR count). The molecule has 18 heavy (non-hydrogen) atoms. The fraction of sp³-hybridized carbons (Fsp3) is 0.600. The van der Waals surface area contributed by atoms with Gasteiger partial charge in [0, 0.05) is 29.8 Å². The maximum Gasteiger partial charge on any atom is 0.0558 e. The average molecular weight is 265 g/mol. The number of hydrogen-bond donors (Lipinski definition) is 1. The molecule has 3 heteroatoms. The predicted octanol–water partition coefficient (Wildman–Crippen LogP) is 2.93. The highest BCUT2D eigenvalue weighted by atomic mass is 32.2. The third-order valence-corrected chi connectivity index (χ3v) is 4.64. The van der Waals surface area contributed by atoms with Gasteiger partial charge in [0.2, 0.25) is 0 Å². The van der Waals surface area contributed by atoms with E-state index in [4.69, 9.17) is 5.11 Å². The van der Waals surface area contributed by atoms with Crippen molar-refractivity contribution in [1.82, 2.24) is 4.90 Å². The number of thioether (sulfide) groups is 1. The molecule has 0 atom stereocenters. The zero-order valence-corrected chi connectivity index (χ0v) is 12.0. The third-order valence-electron chi connectivity index (χ3n) is 3.65. The van der Waals surface area contributed by atoms with Crippen molar-refractivity contribution >= 4 is 11.8 Å². The summed E-state index contributed by atoms with van der Waals surface area (Å²) < 4.78 is 0. The molecule has 0 heterocycles. The van der Waals surface area contributed by atoms with Crippen LogP contribution in [0.4, 0.5) is 0 Å². The minimum Gasteiger partial charge on any atom is -0.395 e. The van der Waals surface area contributed by atoms with Crippen LogP contribution in [-0.4, -0.2) is 41.5 Å². The highest BCUT2D eigenvalue weighted by Crippen LogP contribution is 2.25. The topological polar surface area (TPSA) is 23.5 Å². The summed E-state index contributed by atoms with van der Waals surface area (Å²) in [4.78, 5) is 3.79. The van der Waals surface area contributed by atoms with Gasteiger partial charge in [0.25, 0.3) is 0 Å². The van der Waals surface area contributed by atoms with Crippen LogP contribution in [0.1, 0.15) is 24.8 Å². The van der Waals surface area contributed by atoms with Gasteiger partial charge in [0.15, 0.2) is 0 Å². The van der Waals surface area contributed by atoms with E-state index in [0.29, 0.717) is 0 Å². The van der Waals surface area contributed by atoms with Gasteiger partial charge in [0.1, 0.15) is 0 Å². The van der Waals surface area contributed by atoms with E-state index in [0.717, 1.165) is 24.9 Å². The largest absolute Gasteiger partial charge is 0.395 e. The van der Waals surface area contributed by atoms with Crippen molar-refractivity contribution in [2.45, 2.75) is 37.1 Å². The fourth-order valence-corrected chi connectivity index (χ4v) is 3.16. The van der Waals surface area contributed by atoms with Gasteiger partial charge in [-0.3, -0.25) is 4.90 Å². The van der Waals surface area contributed by atoms with Gasteiger partial charge >= 0.3 is 0 Å². The number of aliphatic hydroxyl groups is 1. The second kappa shape index (κ2) is 7.17. The zero-order valence-electron chi connectivity index (χ0n) is 11.1. The summed E-state index contributed by atoms with van der Waals surface area (Å²) in [5.41, 5.74) is 1.32. The first kappa shape index (κ1) is 13.9. The molecule has 1 aliphatic rings. The number of rotatable bonds is 7. The van der Waals surface area contributed by atoms with Crippen LogP contribution in [0.15, 0.2) is 29.2 Å². The molecule has 0 bridgehead atoms. The lowest BCUT2D eigenvalue weighted by molar-refractivity contribution is 0.108. The van der Waals surface area contributed by atoms with Gasteiger partial charge < -0.3 is 5.11 Å². The molecule has 1 aromatic carbocycles. The molecular formula is C15H23NOS. The Kier molecular flexibility index (Phi) is 5.54. The molecule has 1 aliphatic carbocycles. The molecule has 0 unspecified atom stereocenters. The SMILES string of the molecule is Cc1ccc(SCCN(CCO)C2CCC2)cc1. The summed E-state index contributed by atoms with van der Waals surface area (Å²) in [7, 11) is 0. The van der Waals surface area contributed by atoms with Crippen molar-refractivity contribution < 1.29 is 5.11 Å². The maximum atomic E-state index is 9.10. The van der Waals surface area contributed by atoms with Crippen LogP contribution in [0.5, 0.6) is 0 Å². The van der Waals surface area contributed by atoms with E-state index in [2.05, 4.69) is 36.1 Å². The maximum absolute atomic E-state index is 9.10. The van der Waals surface area contributed by atoms with Crippen molar-refractivity contribution in [2.24, 2.45) is 0 Å². The lowest BCUT2D eigenvalue weighted by atomic mass is 9.91. The summed E-state index contributed by atoms with van der Waals surface area (Å²) >= 11 is 1.91. The smallest absolute Gasteiger partial charge is 0.0558 e. The quantitative estimate of drug-likeness (QED) is 0.767. The van der Waals surface area contributed by atoms with E-state index in [-0.39, 0.29) is 6.61 Å².